The predicted octanol–water partition coefficient (Wildman–Crippen LogP) is 2.06. The fourth-order valence-corrected chi connectivity index (χ4v) is 3.17. The van der Waals surface area contributed by atoms with Crippen LogP contribution in [0.5, 0.6) is 0 Å². The van der Waals surface area contributed by atoms with E-state index in [2.05, 4.69) is 0 Å². The van der Waals surface area contributed by atoms with E-state index >= 15 is 0 Å². The second-order valence-electron chi connectivity index (χ2n) is 6.41. The van der Waals surface area contributed by atoms with Gasteiger partial charge < -0.3 is 9.47 Å². The van der Waals surface area contributed by atoms with E-state index in [9.17, 15) is 9.59 Å². The molecule has 0 aromatic carbocycles. The maximum Gasteiger partial charge on any atom is 0.312 e. The summed E-state index contributed by atoms with van der Waals surface area (Å²) in [6.45, 7) is 5.59. The topological polar surface area (TPSA) is 52.6 Å². The molecule has 0 aromatic heterocycles. The minimum absolute atomic E-state index is 0.151. The van der Waals surface area contributed by atoms with Gasteiger partial charge in [0.25, 0.3) is 0 Å². The lowest BCUT2D eigenvalue weighted by Gasteiger charge is -2.44. The van der Waals surface area contributed by atoms with Crippen molar-refractivity contribution in [2.75, 3.05) is 7.11 Å². The first kappa shape index (κ1) is 12.4. The second kappa shape index (κ2) is 3.47. The van der Waals surface area contributed by atoms with E-state index in [0.29, 0.717) is 12.8 Å². The zero-order valence-corrected chi connectivity index (χ0v) is 11.0. The van der Waals surface area contributed by atoms with Crippen molar-refractivity contribution in [3.05, 3.63) is 0 Å². The fourth-order valence-electron chi connectivity index (χ4n) is 3.17. The van der Waals surface area contributed by atoms with Crippen molar-refractivity contribution in [2.24, 2.45) is 10.8 Å². The average molecular weight is 240 g/mol. The maximum atomic E-state index is 12.1. The molecule has 3 rings (SSSR count). The standard InChI is InChI=1S/C13H20O4/c1-11(2,3)17-10(15)13-6-5-12(7-13,8-13)9(14)16-4/h5-8H2,1-4H3. The van der Waals surface area contributed by atoms with Crippen LogP contribution >= 0.6 is 0 Å². The SMILES string of the molecule is COC(=O)C12CCC(C(=O)OC(C)(C)C)(C1)C2. The molecule has 2 bridgehead atoms. The number of hydrogen-bond acceptors (Lipinski definition) is 4. The fraction of sp³-hybridized carbons (Fsp3) is 0.846. The molecule has 0 heterocycles. The van der Waals surface area contributed by atoms with Crippen molar-refractivity contribution >= 4 is 11.9 Å². The van der Waals surface area contributed by atoms with Crippen LogP contribution in [-0.4, -0.2) is 24.6 Å². The van der Waals surface area contributed by atoms with E-state index in [1.165, 1.54) is 7.11 Å². The largest absolute Gasteiger partial charge is 0.469 e. The zero-order chi connectivity index (χ0) is 12.9. The van der Waals surface area contributed by atoms with Crippen molar-refractivity contribution in [1.29, 1.82) is 0 Å². The molecule has 0 spiro atoms. The van der Waals surface area contributed by atoms with Crippen LogP contribution in [0.25, 0.3) is 0 Å². The quantitative estimate of drug-likeness (QED) is 0.693. The van der Waals surface area contributed by atoms with Crippen LogP contribution in [0.2, 0.25) is 0 Å². The molecule has 17 heavy (non-hydrogen) atoms. The summed E-state index contributed by atoms with van der Waals surface area (Å²) < 4.78 is 10.2. The lowest BCUT2D eigenvalue weighted by Crippen LogP contribution is -2.49. The lowest BCUT2D eigenvalue weighted by molar-refractivity contribution is -0.181. The van der Waals surface area contributed by atoms with Gasteiger partial charge >= 0.3 is 11.9 Å². The van der Waals surface area contributed by atoms with E-state index < -0.39 is 16.4 Å². The van der Waals surface area contributed by atoms with Gasteiger partial charge in [-0.15, -0.1) is 0 Å². The normalized spacial score (nSPS) is 35.1. The second-order valence-corrected chi connectivity index (χ2v) is 6.41. The number of rotatable bonds is 2. The van der Waals surface area contributed by atoms with Crippen LogP contribution in [-0.2, 0) is 19.1 Å². The molecule has 4 nitrogen and oxygen atoms in total. The van der Waals surface area contributed by atoms with Gasteiger partial charge in [0.2, 0.25) is 0 Å². The molecule has 0 unspecified atom stereocenters. The van der Waals surface area contributed by atoms with Crippen LogP contribution in [0, 0.1) is 10.8 Å². The monoisotopic (exact) mass is 240 g/mol. The number of carbonyl (C=O) groups is 2. The minimum atomic E-state index is -0.460. The smallest absolute Gasteiger partial charge is 0.312 e. The van der Waals surface area contributed by atoms with Gasteiger partial charge in [-0.2, -0.15) is 0 Å². The Morgan fingerprint density at radius 1 is 1.00 bits per heavy atom. The molecule has 0 saturated heterocycles. The molecule has 0 amide bonds. The van der Waals surface area contributed by atoms with Gasteiger partial charge in [-0.05, 0) is 46.5 Å². The van der Waals surface area contributed by atoms with Crippen LogP contribution in [0.3, 0.4) is 0 Å². The molecule has 0 aliphatic heterocycles. The van der Waals surface area contributed by atoms with Crippen molar-refractivity contribution in [2.45, 2.75) is 52.1 Å². The number of esters is 2. The summed E-state index contributed by atoms with van der Waals surface area (Å²) in [5.74, 6) is -0.323. The molecule has 3 aliphatic rings. The third-order valence-corrected chi connectivity index (χ3v) is 3.89. The number of carbonyl (C=O) groups excluding carboxylic acids is 2. The van der Waals surface area contributed by atoms with Crippen LogP contribution in [0.1, 0.15) is 46.5 Å². The summed E-state index contributed by atoms with van der Waals surface area (Å²) >= 11 is 0. The Morgan fingerprint density at radius 3 is 1.88 bits per heavy atom. The van der Waals surface area contributed by atoms with E-state index in [0.717, 1.165) is 12.8 Å². The average Bonchev–Trinajstić information content (AvgIpc) is 2.69. The lowest BCUT2D eigenvalue weighted by atomic mass is 9.60. The van der Waals surface area contributed by atoms with Gasteiger partial charge in [-0.25, -0.2) is 0 Å². The minimum Gasteiger partial charge on any atom is -0.469 e. The Balaban J connectivity index is 2.04. The van der Waals surface area contributed by atoms with Gasteiger partial charge in [0, 0.05) is 0 Å². The molecule has 0 atom stereocenters. The molecule has 0 radical (unpaired) electrons. The van der Waals surface area contributed by atoms with Crippen molar-refractivity contribution in [1.82, 2.24) is 0 Å². The third kappa shape index (κ3) is 1.83. The van der Waals surface area contributed by atoms with Crippen molar-refractivity contribution in [3.63, 3.8) is 0 Å². The summed E-state index contributed by atoms with van der Waals surface area (Å²) in [6, 6.07) is 0. The van der Waals surface area contributed by atoms with Crippen molar-refractivity contribution in [3.8, 4) is 0 Å². The highest BCUT2D eigenvalue weighted by Crippen LogP contribution is 2.68. The highest BCUT2D eigenvalue weighted by molar-refractivity contribution is 5.87. The predicted molar refractivity (Wildman–Crippen MR) is 61.2 cm³/mol. The zero-order valence-electron chi connectivity index (χ0n) is 11.0. The Bertz CT molecular complexity index is 358. The number of hydrogen-bond donors (Lipinski definition) is 0. The first-order valence-electron chi connectivity index (χ1n) is 6.05. The maximum absolute atomic E-state index is 12.1. The summed E-state index contributed by atoms with van der Waals surface area (Å²) in [7, 11) is 1.41. The van der Waals surface area contributed by atoms with Crippen molar-refractivity contribution < 1.29 is 19.1 Å². The highest BCUT2D eigenvalue weighted by atomic mass is 16.6. The first-order chi connectivity index (χ1) is 7.73. The van der Waals surface area contributed by atoms with E-state index in [4.69, 9.17) is 9.47 Å². The summed E-state index contributed by atoms with van der Waals surface area (Å²) in [4.78, 5) is 23.7. The molecule has 4 heteroatoms. The molecular formula is C13H20O4. The highest BCUT2D eigenvalue weighted by Gasteiger charge is 2.69. The molecule has 3 aliphatic carbocycles. The van der Waals surface area contributed by atoms with Gasteiger partial charge in [0.1, 0.15) is 5.60 Å². The van der Waals surface area contributed by atoms with E-state index in [1.807, 2.05) is 20.8 Å². The molecule has 0 N–H and O–H groups in total. The first-order valence-corrected chi connectivity index (χ1v) is 6.05. The van der Waals surface area contributed by atoms with Crippen LogP contribution in [0.15, 0.2) is 0 Å². The molecule has 3 saturated carbocycles. The number of fused-ring (bicyclic) bond motifs is 1. The third-order valence-electron chi connectivity index (χ3n) is 3.89. The summed E-state index contributed by atoms with van der Waals surface area (Å²) in [6.07, 6.45) is 2.69. The van der Waals surface area contributed by atoms with Gasteiger partial charge in [-0.1, -0.05) is 0 Å². The molecular weight excluding hydrogens is 220 g/mol. The molecule has 96 valence electrons. The van der Waals surface area contributed by atoms with Gasteiger partial charge in [-0.3, -0.25) is 9.59 Å². The van der Waals surface area contributed by atoms with E-state index in [1.54, 1.807) is 0 Å². The Hall–Kier alpha value is -1.06. The summed E-state index contributed by atoms with van der Waals surface area (Å²) in [5.41, 5.74) is -1.27. The molecule has 0 aromatic rings. The number of methoxy groups -OCH3 is 1. The molecule has 3 fully saturated rings. The van der Waals surface area contributed by atoms with Crippen LogP contribution < -0.4 is 0 Å². The van der Waals surface area contributed by atoms with Gasteiger partial charge in [0.15, 0.2) is 0 Å². The van der Waals surface area contributed by atoms with Gasteiger partial charge in [0.05, 0.1) is 17.9 Å². The van der Waals surface area contributed by atoms with Crippen LogP contribution in [0.4, 0.5) is 0 Å². The Kier molecular flexibility index (Phi) is 2.53. The number of ether oxygens (including phenoxy) is 2. The Labute approximate surface area is 102 Å². The Morgan fingerprint density at radius 2 is 1.47 bits per heavy atom. The van der Waals surface area contributed by atoms with E-state index in [-0.39, 0.29) is 11.9 Å². The summed E-state index contributed by atoms with van der Waals surface area (Å²) in [5, 5.41) is 0.